The average Bonchev–Trinajstić information content (AvgIpc) is 2.69. The highest BCUT2D eigenvalue weighted by Gasteiger charge is 2.19. The monoisotopic (exact) mass is 362 g/mol. The molecule has 0 bridgehead atoms. The zero-order valence-electron chi connectivity index (χ0n) is 16.1. The van der Waals surface area contributed by atoms with E-state index >= 15 is 0 Å². The Bertz CT molecular complexity index is 1000. The number of rotatable bonds is 4. The Hall–Kier alpha value is -2.50. The van der Waals surface area contributed by atoms with Gasteiger partial charge in [-0.1, -0.05) is 42.5 Å². The number of benzene rings is 2. The maximum absolute atomic E-state index is 12.8. The van der Waals surface area contributed by atoms with E-state index in [1.54, 1.807) is 4.68 Å². The van der Waals surface area contributed by atoms with Gasteiger partial charge in [0.1, 0.15) is 0 Å². The normalized spacial score (nSPS) is 16.1. The average molecular weight is 362 g/mol. The summed E-state index contributed by atoms with van der Waals surface area (Å²) >= 11 is 0. The van der Waals surface area contributed by atoms with E-state index in [1.807, 2.05) is 31.2 Å². The molecule has 5 heteroatoms. The topological polar surface area (TPSA) is 41.4 Å². The predicted molar refractivity (Wildman–Crippen MR) is 109 cm³/mol. The van der Waals surface area contributed by atoms with Crippen molar-refractivity contribution in [2.75, 3.05) is 26.2 Å². The van der Waals surface area contributed by atoms with E-state index in [1.165, 1.54) is 11.1 Å². The highest BCUT2D eigenvalue weighted by molar-refractivity contribution is 5.83. The van der Waals surface area contributed by atoms with Crippen LogP contribution in [0.2, 0.25) is 0 Å². The van der Waals surface area contributed by atoms with Gasteiger partial charge < -0.3 is 0 Å². The summed E-state index contributed by atoms with van der Waals surface area (Å²) in [7, 11) is 0. The summed E-state index contributed by atoms with van der Waals surface area (Å²) in [5.41, 5.74) is 3.65. The number of aryl methyl sites for hydroxylation is 2. The fourth-order valence-corrected chi connectivity index (χ4v) is 3.81. The van der Waals surface area contributed by atoms with Crippen molar-refractivity contribution in [2.45, 2.75) is 27.1 Å². The maximum Gasteiger partial charge on any atom is 0.275 e. The van der Waals surface area contributed by atoms with Crippen molar-refractivity contribution >= 4 is 10.8 Å². The van der Waals surface area contributed by atoms with E-state index in [2.05, 4.69) is 46.1 Å². The minimum absolute atomic E-state index is 0.00135. The van der Waals surface area contributed by atoms with Gasteiger partial charge in [-0.2, -0.15) is 5.10 Å². The molecular weight excluding hydrogens is 336 g/mol. The lowest BCUT2D eigenvalue weighted by Crippen LogP contribution is -2.47. The quantitative estimate of drug-likeness (QED) is 0.716. The standard InChI is InChI=1S/C22H26N4O/c1-17-7-3-4-8-19(17)15-24-11-13-25(14-12-24)16-26-22(27)21-10-6-5-9-20(21)18(2)23-26/h3-10H,11-16H2,1-2H3. The summed E-state index contributed by atoms with van der Waals surface area (Å²) in [4.78, 5) is 17.6. The minimum Gasteiger partial charge on any atom is -0.297 e. The van der Waals surface area contributed by atoms with Crippen LogP contribution in [0.25, 0.3) is 10.8 Å². The first-order valence-corrected chi connectivity index (χ1v) is 9.57. The molecule has 1 fully saturated rings. The van der Waals surface area contributed by atoms with Crippen LogP contribution in [-0.2, 0) is 13.2 Å². The molecule has 0 amide bonds. The predicted octanol–water partition coefficient (Wildman–Crippen LogP) is 2.79. The Morgan fingerprint density at radius 3 is 2.22 bits per heavy atom. The molecule has 1 aromatic heterocycles. The van der Waals surface area contributed by atoms with Crippen LogP contribution >= 0.6 is 0 Å². The zero-order valence-corrected chi connectivity index (χ0v) is 16.1. The Morgan fingerprint density at radius 2 is 1.48 bits per heavy atom. The molecule has 3 aromatic rings. The van der Waals surface area contributed by atoms with E-state index in [0.29, 0.717) is 6.67 Å². The number of piperazine rings is 1. The molecule has 27 heavy (non-hydrogen) atoms. The van der Waals surface area contributed by atoms with Crippen molar-refractivity contribution in [3.63, 3.8) is 0 Å². The summed E-state index contributed by atoms with van der Waals surface area (Å²) in [6.07, 6.45) is 0. The molecule has 0 atom stereocenters. The van der Waals surface area contributed by atoms with E-state index in [-0.39, 0.29) is 5.56 Å². The van der Waals surface area contributed by atoms with E-state index in [4.69, 9.17) is 0 Å². The lowest BCUT2D eigenvalue weighted by atomic mass is 10.1. The first-order valence-electron chi connectivity index (χ1n) is 9.57. The van der Waals surface area contributed by atoms with Crippen LogP contribution < -0.4 is 5.56 Å². The summed E-state index contributed by atoms with van der Waals surface area (Å²) in [5, 5.41) is 6.24. The van der Waals surface area contributed by atoms with E-state index in [9.17, 15) is 4.79 Å². The fourth-order valence-electron chi connectivity index (χ4n) is 3.81. The largest absolute Gasteiger partial charge is 0.297 e. The third-order valence-corrected chi connectivity index (χ3v) is 5.51. The molecule has 1 saturated heterocycles. The molecule has 140 valence electrons. The molecule has 0 radical (unpaired) electrons. The van der Waals surface area contributed by atoms with Crippen molar-refractivity contribution < 1.29 is 0 Å². The van der Waals surface area contributed by atoms with Crippen molar-refractivity contribution in [1.29, 1.82) is 0 Å². The van der Waals surface area contributed by atoms with Gasteiger partial charge in [0.2, 0.25) is 0 Å². The smallest absolute Gasteiger partial charge is 0.275 e. The molecule has 0 spiro atoms. The second kappa shape index (κ2) is 7.62. The maximum atomic E-state index is 12.8. The van der Waals surface area contributed by atoms with Crippen molar-refractivity contribution in [3.05, 3.63) is 75.7 Å². The lowest BCUT2D eigenvalue weighted by Gasteiger charge is -2.34. The van der Waals surface area contributed by atoms with Crippen LogP contribution in [0.4, 0.5) is 0 Å². The summed E-state index contributed by atoms with van der Waals surface area (Å²) in [6.45, 7) is 9.61. The van der Waals surface area contributed by atoms with Crippen LogP contribution in [0, 0.1) is 13.8 Å². The van der Waals surface area contributed by atoms with Crippen molar-refractivity contribution in [2.24, 2.45) is 0 Å². The van der Waals surface area contributed by atoms with E-state index in [0.717, 1.165) is 49.2 Å². The molecule has 5 nitrogen and oxygen atoms in total. The Kier molecular flexibility index (Phi) is 5.05. The summed E-state index contributed by atoms with van der Waals surface area (Å²) < 4.78 is 1.62. The van der Waals surface area contributed by atoms with Gasteiger partial charge in [-0.05, 0) is 31.0 Å². The van der Waals surface area contributed by atoms with Crippen LogP contribution in [0.15, 0.2) is 53.3 Å². The molecule has 4 rings (SSSR count). The molecular formula is C22H26N4O. The van der Waals surface area contributed by atoms with Gasteiger partial charge in [-0.25, -0.2) is 4.68 Å². The first-order chi connectivity index (χ1) is 13.1. The van der Waals surface area contributed by atoms with Gasteiger partial charge in [0.05, 0.1) is 17.7 Å². The van der Waals surface area contributed by atoms with Crippen LogP contribution in [0.1, 0.15) is 16.8 Å². The number of fused-ring (bicyclic) bond motifs is 1. The van der Waals surface area contributed by atoms with Gasteiger partial charge in [0, 0.05) is 38.1 Å². The lowest BCUT2D eigenvalue weighted by molar-refractivity contribution is 0.0969. The number of nitrogens with zero attached hydrogens (tertiary/aromatic N) is 4. The molecule has 0 saturated carbocycles. The van der Waals surface area contributed by atoms with Gasteiger partial charge in [0.15, 0.2) is 0 Å². The van der Waals surface area contributed by atoms with Crippen LogP contribution in [0.3, 0.4) is 0 Å². The Balaban J connectivity index is 1.42. The van der Waals surface area contributed by atoms with Gasteiger partial charge >= 0.3 is 0 Å². The third-order valence-electron chi connectivity index (χ3n) is 5.51. The molecule has 1 aliphatic heterocycles. The van der Waals surface area contributed by atoms with Crippen molar-refractivity contribution in [1.82, 2.24) is 19.6 Å². The summed E-state index contributed by atoms with van der Waals surface area (Å²) in [5.74, 6) is 0. The van der Waals surface area contributed by atoms with Crippen LogP contribution in [0.5, 0.6) is 0 Å². The van der Waals surface area contributed by atoms with Gasteiger partial charge in [-0.3, -0.25) is 14.6 Å². The minimum atomic E-state index is -0.00135. The van der Waals surface area contributed by atoms with Gasteiger partial charge in [0.25, 0.3) is 5.56 Å². The molecule has 0 unspecified atom stereocenters. The van der Waals surface area contributed by atoms with Crippen LogP contribution in [-0.4, -0.2) is 45.8 Å². The highest BCUT2D eigenvalue weighted by atomic mass is 16.1. The number of aromatic nitrogens is 2. The summed E-state index contributed by atoms with van der Waals surface area (Å²) in [6, 6.07) is 16.3. The molecule has 2 aromatic carbocycles. The highest BCUT2D eigenvalue weighted by Crippen LogP contribution is 2.14. The molecule has 1 aliphatic rings. The fraction of sp³-hybridized carbons (Fsp3) is 0.364. The second-order valence-electron chi connectivity index (χ2n) is 7.40. The second-order valence-corrected chi connectivity index (χ2v) is 7.40. The number of hydrogen-bond acceptors (Lipinski definition) is 4. The molecule has 0 N–H and O–H groups in total. The van der Waals surface area contributed by atoms with Crippen molar-refractivity contribution in [3.8, 4) is 0 Å². The Labute approximate surface area is 159 Å². The third kappa shape index (κ3) is 3.80. The first kappa shape index (κ1) is 17.9. The molecule has 0 aliphatic carbocycles. The number of hydrogen-bond donors (Lipinski definition) is 0. The van der Waals surface area contributed by atoms with E-state index < -0.39 is 0 Å². The Morgan fingerprint density at radius 1 is 0.852 bits per heavy atom. The SMILES string of the molecule is Cc1ccccc1CN1CCN(Cn2nc(C)c3ccccc3c2=O)CC1. The van der Waals surface area contributed by atoms with Gasteiger partial charge in [-0.15, -0.1) is 0 Å². The molecule has 2 heterocycles. The zero-order chi connectivity index (χ0) is 18.8.